The van der Waals surface area contributed by atoms with Crippen molar-refractivity contribution in [2.75, 3.05) is 0 Å². The molecule has 0 radical (unpaired) electrons. The van der Waals surface area contributed by atoms with Crippen LogP contribution in [0.3, 0.4) is 0 Å². The third-order valence-electron chi connectivity index (χ3n) is 1.95. The van der Waals surface area contributed by atoms with E-state index in [-0.39, 0.29) is 5.56 Å². The van der Waals surface area contributed by atoms with Gasteiger partial charge in [0, 0.05) is 5.56 Å². The number of halogens is 5. The van der Waals surface area contributed by atoms with Gasteiger partial charge < -0.3 is 0 Å². The van der Waals surface area contributed by atoms with E-state index in [9.17, 15) is 13.2 Å². The van der Waals surface area contributed by atoms with Gasteiger partial charge in [0.15, 0.2) is 0 Å². The molecule has 0 N–H and O–H groups in total. The molecule has 0 unspecified atom stereocenters. The molecule has 1 aromatic rings. The van der Waals surface area contributed by atoms with E-state index in [4.69, 9.17) is 23.2 Å². The minimum Gasteiger partial charge on any atom is -0.166 e. The van der Waals surface area contributed by atoms with Gasteiger partial charge in [-0.2, -0.15) is 13.2 Å². The molecular weight excluding hydrogens is 300 g/mol. The van der Waals surface area contributed by atoms with Crippen LogP contribution in [0.5, 0.6) is 0 Å². The Hall–Kier alpha value is -0.633. The summed E-state index contributed by atoms with van der Waals surface area (Å²) < 4.78 is 38.3. The summed E-state index contributed by atoms with van der Waals surface area (Å²) in [6.07, 6.45) is -4.58. The first-order valence-corrected chi connectivity index (χ1v) is 9.36. The van der Waals surface area contributed by atoms with Crippen LogP contribution in [0.25, 0.3) is 0 Å². The van der Waals surface area contributed by atoms with Crippen LogP contribution in [0.4, 0.5) is 13.2 Å². The van der Waals surface area contributed by atoms with Gasteiger partial charge in [0.25, 0.3) is 0 Å². The average molecular weight is 311 g/mol. The Morgan fingerprint density at radius 2 is 1.67 bits per heavy atom. The minimum atomic E-state index is -4.58. The summed E-state index contributed by atoms with van der Waals surface area (Å²) in [5, 5.41) is -0.841. The van der Waals surface area contributed by atoms with Crippen molar-refractivity contribution in [3.63, 3.8) is 0 Å². The Labute approximate surface area is 115 Å². The quantitative estimate of drug-likeness (QED) is 0.454. The molecule has 0 aliphatic carbocycles. The first kappa shape index (κ1) is 15.4. The summed E-state index contributed by atoms with van der Waals surface area (Å²) in [6, 6.07) is 2.58. The molecule has 0 amide bonds. The van der Waals surface area contributed by atoms with Gasteiger partial charge in [-0.25, -0.2) is 0 Å². The maximum atomic E-state index is 12.8. The molecule has 6 heteroatoms. The van der Waals surface area contributed by atoms with E-state index >= 15 is 0 Å². The van der Waals surface area contributed by atoms with Gasteiger partial charge in [-0.3, -0.25) is 0 Å². The summed E-state index contributed by atoms with van der Waals surface area (Å²) >= 11 is 11.3. The molecule has 0 aliphatic rings. The predicted molar refractivity (Wildman–Crippen MR) is 71.7 cm³/mol. The highest BCUT2D eigenvalue weighted by Gasteiger charge is 2.36. The molecule has 0 saturated carbocycles. The minimum absolute atomic E-state index is 0.163. The van der Waals surface area contributed by atoms with Crippen LogP contribution in [0.15, 0.2) is 12.1 Å². The molecule has 0 saturated heterocycles. The molecule has 0 fully saturated rings. The summed E-state index contributed by atoms with van der Waals surface area (Å²) in [7, 11) is -1.67. The lowest BCUT2D eigenvalue weighted by atomic mass is 10.1. The van der Waals surface area contributed by atoms with Crippen molar-refractivity contribution in [3.05, 3.63) is 33.3 Å². The lowest BCUT2D eigenvalue weighted by molar-refractivity contribution is -0.137. The summed E-state index contributed by atoms with van der Waals surface area (Å²) in [6.45, 7) is 5.98. The van der Waals surface area contributed by atoms with Crippen molar-refractivity contribution in [1.29, 1.82) is 0 Å². The second-order valence-electron chi connectivity index (χ2n) is 4.78. The molecule has 18 heavy (non-hydrogen) atoms. The molecular formula is C12H11Cl2F3Si. The Bertz CT molecular complexity index is 519. The fourth-order valence-corrected chi connectivity index (χ4v) is 2.31. The molecule has 1 rings (SSSR count). The van der Waals surface area contributed by atoms with Crippen molar-refractivity contribution < 1.29 is 13.2 Å². The van der Waals surface area contributed by atoms with E-state index in [1.54, 1.807) is 0 Å². The van der Waals surface area contributed by atoms with E-state index in [2.05, 4.69) is 11.5 Å². The van der Waals surface area contributed by atoms with E-state index in [1.807, 2.05) is 19.6 Å². The van der Waals surface area contributed by atoms with Gasteiger partial charge >= 0.3 is 6.18 Å². The second-order valence-corrected chi connectivity index (χ2v) is 10.3. The van der Waals surface area contributed by atoms with Gasteiger partial charge in [0.2, 0.25) is 0 Å². The van der Waals surface area contributed by atoms with Gasteiger partial charge in [0.05, 0.1) is 15.6 Å². The summed E-state index contributed by atoms with van der Waals surface area (Å²) in [5.41, 5.74) is 2.11. The number of rotatable bonds is 0. The molecule has 0 atom stereocenters. The molecule has 0 aliphatic heterocycles. The molecule has 0 heterocycles. The van der Waals surface area contributed by atoms with E-state index in [0.29, 0.717) is 0 Å². The third-order valence-corrected chi connectivity index (χ3v) is 3.53. The number of benzene rings is 1. The maximum absolute atomic E-state index is 12.8. The molecule has 0 nitrogen and oxygen atoms in total. The average Bonchev–Trinajstić information content (AvgIpc) is 2.12. The van der Waals surface area contributed by atoms with Crippen LogP contribution in [-0.4, -0.2) is 8.07 Å². The molecule has 0 aromatic heterocycles. The SMILES string of the molecule is C[Si](C)(C)C#Cc1ccc(Cl)c(C(F)(F)F)c1Cl. The second kappa shape index (κ2) is 5.16. The number of alkyl halides is 3. The predicted octanol–water partition coefficient (Wildman–Crippen LogP) is 5.24. The van der Waals surface area contributed by atoms with Crippen molar-refractivity contribution in [2.45, 2.75) is 25.8 Å². The zero-order valence-corrected chi connectivity index (χ0v) is 12.6. The van der Waals surface area contributed by atoms with Crippen LogP contribution in [0, 0.1) is 11.5 Å². The lowest BCUT2D eigenvalue weighted by Crippen LogP contribution is -2.16. The summed E-state index contributed by atoms with van der Waals surface area (Å²) in [4.78, 5) is 0. The number of hydrogen-bond donors (Lipinski definition) is 0. The first-order chi connectivity index (χ1) is 8.02. The Morgan fingerprint density at radius 1 is 1.11 bits per heavy atom. The highest BCUT2D eigenvalue weighted by atomic mass is 35.5. The van der Waals surface area contributed by atoms with Crippen LogP contribution in [0.2, 0.25) is 29.7 Å². The standard InChI is InChI=1S/C12H11Cl2F3Si/c1-18(2,3)7-6-8-4-5-9(13)10(11(8)14)12(15,16)17/h4-5H,1-3H3. The van der Waals surface area contributed by atoms with E-state index in [0.717, 1.165) is 0 Å². The first-order valence-electron chi connectivity index (χ1n) is 5.11. The fourth-order valence-electron chi connectivity index (χ4n) is 1.16. The Kier molecular flexibility index (Phi) is 4.42. The van der Waals surface area contributed by atoms with Crippen molar-refractivity contribution in [2.24, 2.45) is 0 Å². The molecule has 1 aromatic carbocycles. The van der Waals surface area contributed by atoms with Crippen LogP contribution >= 0.6 is 23.2 Å². The maximum Gasteiger partial charge on any atom is 0.419 e. The fraction of sp³-hybridized carbons (Fsp3) is 0.333. The monoisotopic (exact) mass is 310 g/mol. The third kappa shape index (κ3) is 3.94. The van der Waals surface area contributed by atoms with Gasteiger partial charge in [-0.1, -0.05) is 48.8 Å². The van der Waals surface area contributed by atoms with E-state index < -0.39 is 29.9 Å². The molecule has 98 valence electrons. The molecule has 0 bridgehead atoms. The summed E-state index contributed by atoms with van der Waals surface area (Å²) in [5.74, 6) is 2.71. The largest absolute Gasteiger partial charge is 0.419 e. The van der Waals surface area contributed by atoms with Crippen LogP contribution in [0.1, 0.15) is 11.1 Å². The van der Waals surface area contributed by atoms with Crippen LogP contribution in [-0.2, 0) is 6.18 Å². The Balaban J connectivity index is 3.38. The van der Waals surface area contributed by atoms with Crippen molar-refractivity contribution in [3.8, 4) is 11.5 Å². The lowest BCUT2D eigenvalue weighted by Gasteiger charge is -2.12. The molecule has 0 spiro atoms. The zero-order valence-electron chi connectivity index (χ0n) is 10.0. The zero-order chi connectivity index (χ0) is 14.1. The smallest absolute Gasteiger partial charge is 0.166 e. The van der Waals surface area contributed by atoms with Crippen LogP contribution < -0.4 is 0 Å². The Morgan fingerprint density at radius 3 is 2.11 bits per heavy atom. The number of hydrogen-bond acceptors (Lipinski definition) is 0. The highest BCUT2D eigenvalue weighted by molar-refractivity contribution is 6.83. The van der Waals surface area contributed by atoms with Crippen molar-refractivity contribution >= 4 is 31.3 Å². The van der Waals surface area contributed by atoms with Gasteiger partial charge in [0.1, 0.15) is 8.07 Å². The normalized spacial score (nSPS) is 12.0. The van der Waals surface area contributed by atoms with Gasteiger partial charge in [-0.05, 0) is 12.1 Å². The van der Waals surface area contributed by atoms with E-state index in [1.165, 1.54) is 12.1 Å². The van der Waals surface area contributed by atoms with Gasteiger partial charge in [-0.15, -0.1) is 5.54 Å². The highest BCUT2D eigenvalue weighted by Crippen LogP contribution is 2.40. The van der Waals surface area contributed by atoms with Crippen molar-refractivity contribution in [1.82, 2.24) is 0 Å². The topological polar surface area (TPSA) is 0 Å².